The summed E-state index contributed by atoms with van der Waals surface area (Å²) in [6.07, 6.45) is 0. The zero-order valence-electron chi connectivity index (χ0n) is 8.93. The first-order valence-electron chi connectivity index (χ1n) is 5.20. The Hall–Kier alpha value is -0.940. The lowest BCUT2D eigenvalue weighted by atomic mass is 10.1. The molecule has 0 aromatic heterocycles. The molecule has 0 amide bonds. The number of hydrogen-bond acceptors (Lipinski definition) is 3. The summed E-state index contributed by atoms with van der Waals surface area (Å²) in [5, 5.41) is -0.542. The van der Waals surface area contributed by atoms with Crippen molar-refractivity contribution < 1.29 is 12.8 Å². The van der Waals surface area contributed by atoms with E-state index >= 15 is 0 Å². The van der Waals surface area contributed by atoms with Crippen molar-refractivity contribution in [1.29, 1.82) is 0 Å². The third kappa shape index (κ3) is 1.85. The zero-order chi connectivity index (χ0) is 11.9. The van der Waals surface area contributed by atoms with Crippen molar-refractivity contribution in [3.05, 3.63) is 35.6 Å². The predicted octanol–water partition coefficient (Wildman–Crippen LogP) is 1.05. The molecule has 2 N–H and O–H groups in total. The van der Waals surface area contributed by atoms with E-state index < -0.39 is 21.1 Å². The van der Waals surface area contributed by atoms with Crippen molar-refractivity contribution in [3.63, 3.8) is 0 Å². The van der Waals surface area contributed by atoms with E-state index in [1.165, 1.54) is 12.1 Å². The van der Waals surface area contributed by atoms with Gasteiger partial charge in [0.15, 0.2) is 9.84 Å². The molecule has 0 aliphatic heterocycles. The number of hydrogen-bond donors (Lipinski definition) is 1. The summed E-state index contributed by atoms with van der Waals surface area (Å²) in [7, 11) is -3.13. The SMILES string of the molecule is CCS(=O)(=O)[C@H]1[C@H](N)[C@@H]1c1cccc(F)c1. The molecule has 1 fully saturated rings. The van der Waals surface area contributed by atoms with Gasteiger partial charge in [0.2, 0.25) is 0 Å². The smallest absolute Gasteiger partial charge is 0.155 e. The summed E-state index contributed by atoms with van der Waals surface area (Å²) >= 11 is 0. The highest BCUT2D eigenvalue weighted by molar-refractivity contribution is 7.92. The molecule has 5 heteroatoms. The van der Waals surface area contributed by atoms with Crippen LogP contribution < -0.4 is 5.73 Å². The Bertz CT molecular complexity index is 500. The molecule has 1 aromatic carbocycles. The van der Waals surface area contributed by atoms with Gasteiger partial charge in [-0.25, -0.2) is 12.8 Å². The van der Waals surface area contributed by atoms with E-state index in [0.29, 0.717) is 5.56 Å². The highest BCUT2D eigenvalue weighted by Gasteiger charge is 2.55. The van der Waals surface area contributed by atoms with E-state index in [1.54, 1.807) is 19.1 Å². The largest absolute Gasteiger partial charge is 0.326 e. The second kappa shape index (κ2) is 3.82. The minimum atomic E-state index is -3.13. The van der Waals surface area contributed by atoms with Crippen molar-refractivity contribution in [2.75, 3.05) is 5.75 Å². The van der Waals surface area contributed by atoms with Crippen LogP contribution in [0.25, 0.3) is 0 Å². The summed E-state index contributed by atoms with van der Waals surface area (Å²) in [6, 6.07) is 5.59. The van der Waals surface area contributed by atoms with Gasteiger partial charge in [-0.15, -0.1) is 0 Å². The summed E-state index contributed by atoms with van der Waals surface area (Å²) in [5.41, 5.74) is 6.43. The number of nitrogens with two attached hydrogens (primary N) is 1. The number of rotatable bonds is 3. The van der Waals surface area contributed by atoms with E-state index in [0.717, 1.165) is 0 Å². The normalized spacial score (nSPS) is 29.1. The molecule has 16 heavy (non-hydrogen) atoms. The second-order valence-corrected chi connectivity index (χ2v) is 6.52. The molecular formula is C11H14FNO2S. The molecule has 1 aromatic rings. The van der Waals surface area contributed by atoms with Crippen molar-refractivity contribution >= 4 is 9.84 Å². The average molecular weight is 243 g/mol. The molecule has 3 atom stereocenters. The molecule has 0 saturated heterocycles. The monoisotopic (exact) mass is 243 g/mol. The minimum Gasteiger partial charge on any atom is -0.326 e. The molecule has 88 valence electrons. The van der Waals surface area contributed by atoms with Gasteiger partial charge < -0.3 is 5.73 Å². The van der Waals surface area contributed by atoms with Crippen LogP contribution in [0.4, 0.5) is 4.39 Å². The Morgan fingerprint density at radius 3 is 2.69 bits per heavy atom. The number of halogens is 1. The molecule has 0 heterocycles. The first-order valence-corrected chi connectivity index (χ1v) is 6.91. The van der Waals surface area contributed by atoms with Crippen molar-refractivity contribution in [1.82, 2.24) is 0 Å². The Balaban J connectivity index is 2.27. The maximum atomic E-state index is 13.0. The highest BCUT2D eigenvalue weighted by atomic mass is 32.2. The Labute approximate surface area is 94.4 Å². The number of sulfone groups is 1. The fourth-order valence-electron chi connectivity index (χ4n) is 2.09. The summed E-state index contributed by atoms with van der Waals surface area (Å²) in [4.78, 5) is 0. The van der Waals surface area contributed by atoms with Gasteiger partial charge >= 0.3 is 0 Å². The Morgan fingerprint density at radius 1 is 1.44 bits per heavy atom. The molecule has 0 spiro atoms. The van der Waals surface area contributed by atoms with Crippen LogP contribution >= 0.6 is 0 Å². The quantitative estimate of drug-likeness (QED) is 0.863. The lowest BCUT2D eigenvalue weighted by molar-refractivity contribution is 0.594. The summed E-state index contributed by atoms with van der Waals surface area (Å²) in [5.74, 6) is -0.526. The van der Waals surface area contributed by atoms with Crippen LogP contribution in [0.15, 0.2) is 24.3 Å². The second-order valence-electron chi connectivity index (χ2n) is 4.07. The van der Waals surface area contributed by atoms with Crippen molar-refractivity contribution in [2.24, 2.45) is 5.73 Å². The van der Waals surface area contributed by atoms with E-state index in [9.17, 15) is 12.8 Å². The van der Waals surface area contributed by atoms with Crippen LogP contribution in [0.5, 0.6) is 0 Å². The van der Waals surface area contributed by atoms with Gasteiger partial charge in [0.25, 0.3) is 0 Å². The molecule has 0 radical (unpaired) electrons. The van der Waals surface area contributed by atoms with Gasteiger partial charge in [0, 0.05) is 17.7 Å². The number of benzene rings is 1. The van der Waals surface area contributed by atoms with Crippen LogP contribution in [0.2, 0.25) is 0 Å². The maximum absolute atomic E-state index is 13.0. The van der Waals surface area contributed by atoms with E-state index in [1.807, 2.05) is 0 Å². The van der Waals surface area contributed by atoms with Gasteiger partial charge in [-0.1, -0.05) is 19.1 Å². The third-order valence-corrected chi connectivity index (χ3v) is 5.30. The molecule has 1 saturated carbocycles. The average Bonchev–Trinajstić information content (AvgIpc) is 2.91. The van der Waals surface area contributed by atoms with Gasteiger partial charge in [0.1, 0.15) is 5.82 Å². The Kier molecular flexibility index (Phi) is 2.75. The van der Waals surface area contributed by atoms with Gasteiger partial charge in [-0.05, 0) is 17.7 Å². The lowest BCUT2D eigenvalue weighted by Gasteiger charge is -2.00. The molecule has 1 aliphatic carbocycles. The molecule has 0 unspecified atom stereocenters. The fraction of sp³-hybridized carbons (Fsp3) is 0.455. The summed E-state index contributed by atoms with van der Waals surface area (Å²) in [6.45, 7) is 1.60. The molecule has 3 nitrogen and oxygen atoms in total. The van der Waals surface area contributed by atoms with Crippen LogP contribution in [-0.2, 0) is 9.84 Å². The molecule has 1 aliphatic rings. The van der Waals surface area contributed by atoms with Gasteiger partial charge in [-0.2, -0.15) is 0 Å². The zero-order valence-corrected chi connectivity index (χ0v) is 9.75. The van der Waals surface area contributed by atoms with E-state index in [-0.39, 0.29) is 17.5 Å². The topological polar surface area (TPSA) is 60.2 Å². The van der Waals surface area contributed by atoms with Gasteiger partial charge in [-0.3, -0.25) is 0 Å². The fourth-order valence-corrected chi connectivity index (χ4v) is 3.81. The summed E-state index contributed by atoms with van der Waals surface area (Å²) < 4.78 is 36.3. The van der Waals surface area contributed by atoms with Crippen LogP contribution in [0.3, 0.4) is 0 Å². The van der Waals surface area contributed by atoms with Crippen molar-refractivity contribution in [3.8, 4) is 0 Å². The highest BCUT2D eigenvalue weighted by Crippen LogP contribution is 2.45. The lowest BCUT2D eigenvalue weighted by Crippen LogP contribution is -2.17. The predicted molar refractivity (Wildman–Crippen MR) is 60.4 cm³/mol. The standard InChI is InChI=1S/C11H14FNO2S/c1-2-16(14,15)11-9(10(11)13)7-4-3-5-8(12)6-7/h3-6,9-11H,2,13H2,1H3/t9-,10+,11+/m0/s1. The van der Waals surface area contributed by atoms with Crippen LogP contribution in [-0.4, -0.2) is 25.5 Å². The third-order valence-electron chi connectivity index (χ3n) is 3.06. The van der Waals surface area contributed by atoms with Crippen LogP contribution in [0, 0.1) is 5.82 Å². The maximum Gasteiger partial charge on any atom is 0.155 e. The minimum absolute atomic E-state index is 0.0805. The van der Waals surface area contributed by atoms with Gasteiger partial charge in [0.05, 0.1) is 5.25 Å². The van der Waals surface area contributed by atoms with E-state index in [2.05, 4.69) is 0 Å². The van der Waals surface area contributed by atoms with Crippen LogP contribution in [0.1, 0.15) is 18.4 Å². The van der Waals surface area contributed by atoms with E-state index in [4.69, 9.17) is 5.73 Å². The molecular weight excluding hydrogens is 229 g/mol. The Morgan fingerprint density at radius 2 is 2.12 bits per heavy atom. The first-order chi connectivity index (χ1) is 7.47. The molecule has 0 bridgehead atoms. The first kappa shape index (κ1) is 11.5. The molecule has 2 rings (SSSR count). The van der Waals surface area contributed by atoms with Crippen molar-refractivity contribution in [2.45, 2.75) is 24.1 Å².